The first-order valence-corrected chi connectivity index (χ1v) is 9.61. The quantitative estimate of drug-likeness (QED) is 0.647. The van der Waals surface area contributed by atoms with E-state index in [0.717, 1.165) is 33.5 Å². The molecule has 0 saturated heterocycles. The van der Waals surface area contributed by atoms with Crippen molar-refractivity contribution >= 4 is 28.7 Å². The second-order valence-electron chi connectivity index (χ2n) is 6.03. The summed E-state index contributed by atoms with van der Waals surface area (Å²) >= 11 is 1.65. The Bertz CT molecular complexity index is 948. The molecule has 1 aromatic carbocycles. The van der Waals surface area contributed by atoms with Crippen LogP contribution in [0.1, 0.15) is 5.69 Å². The van der Waals surface area contributed by atoms with E-state index in [1.54, 1.807) is 18.1 Å². The Hall–Kier alpha value is -2.31. The van der Waals surface area contributed by atoms with Crippen molar-refractivity contribution in [2.75, 3.05) is 24.2 Å². The molecule has 0 unspecified atom stereocenters. The number of hydrogen-bond donors (Lipinski definition) is 1. The van der Waals surface area contributed by atoms with Crippen molar-refractivity contribution in [3.05, 3.63) is 60.2 Å². The Kier molecular flexibility index (Phi) is 5.64. The van der Waals surface area contributed by atoms with Gasteiger partial charge < -0.3 is 14.6 Å². The topological polar surface area (TPSA) is 47.1 Å². The smallest absolute Gasteiger partial charge is 0.117 e. The average Bonchev–Trinajstić information content (AvgIpc) is 2.93. The fourth-order valence-electron chi connectivity index (χ4n) is 3.15. The normalized spacial score (nSPS) is 12.0. The van der Waals surface area contributed by atoms with Crippen molar-refractivity contribution in [1.29, 1.82) is 0 Å². The maximum atomic E-state index is 14.2. The predicted molar refractivity (Wildman–Crippen MR) is 110 cm³/mol. The van der Waals surface area contributed by atoms with Gasteiger partial charge in [-0.3, -0.25) is 4.98 Å². The van der Waals surface area contributed by atoms with Gasteiger partial charge in [0.1, 0.15) is 5.83 Å². The molecule has 0 aliphatic carbocycles. The number of fused-ring (bicyclic) bond motifs is 1. The van der Waals surface area contributed by atoms with E-state index in [1.807, 2.05) is 43.0 Å². The van der Waals surface area contributed by atoms with E-state index in [2.05, 4.69) is 27.5 Å². The number of anilines is 1. The molecular weight excluding hydrogens is 347 g/mol. The predicted octanol–water partition coefficient (Wildman–Crippen LogP) is 4.54. The van der Waals surface area contributed by atoms with Gasteiger partial charge in [0.05, 0.1) is 17.6 Å². The molecule has 0 aliphatic heterocycles. The van der Waals surface area contributed by atoms with Crippen molar-refractivity contribution in [3.8, 4) is 11.1 Å². The molecule has 0 saturated carbocycles. The maximum Gasteiger partial charge on any atom is 0.117 e. The Morgan fingerprint density at radius 3 is 2.88 bits per heavy atom. The van der Waals surface area contributed by atoms with E-state index < -0.39 is 0 Å². The second kappa shape index (κ2) is 7.93. The van der Waals surface area contributed by atoms with Crippen molar-refractivity contribution < 1.29 is 4.39 Å². The minimum Gasteiger partial charge on any atom is -0.336 e. The van der Waals surface area contributed by atoms with E-state index in [0.29, 0.717) is 0 Å². The van der Waals surface area contributed by atoms with E-state index >= 15 is 0 Å². The molecule has 4 nitrogen and oxygen atoms in total. The molecule has 0 radical (unpaired) electrons. The summed E-state index contributed by atoms with van der Waals surface area (Å²) < 4.78 is 18.2. The molecule has 0 amide bonds. The van der Waals surface area contributed by atoms with Gasteiger partial charge in [-0.1, -0.05) is 24.1 Å². The number of halogens is 1. The minimum atomic E-state index is -0.237. The lowest BCUT2D eigenvalue weighted by atomic mass is 10.0. The van der Waals surface area contributed by atoms with Crippen molar-refractivity contribution in [2.45, 2.75) is 13.5 Å². The van der Waals surface area contributed by atoms with Gasteiger partial charge in [-0.25, -0.2) is 4.39 Å². The highest BCUT2D eigenvalue weighted by molar-refractivity contribution is 7.99. The second-order valence-corrected chi connectivity index (χ2v) is 6.95. The summed E-state index contributed by atoms with van der Waals surface area (Å²) in [6, 6.07) is 12.2. The number of nitrogens with zero attached hydrogens (tertiary/aromatic N) is 3. The Labute approximate surface area is 157 Å². The molecule has 0 bridgehead atoms. The first-order chi connectivity index (χ1) is 12.6. The van der Waals surface area contributed by atoms with Gasteiger partial charge in [0.2, 0.25) is 0 Å². The fraction of sp³-hybridized carbons (Fsp3) is 0.250. The molecule has 2 heterocycles. The van der Waals surface area contributed by atoms with Gasteiger partial charge >= 0.3 is 0 Å². The third-order valence-corrected chi connectivity index (χ3v) is 5.26. The summed E-state index contributed by atoms with van der Waals surface area (Å²) in [5, 5.41) is 0. The summed E-state index contributed by atoms with van der Waals surface area (Å²) in [6.07, 6.45) is 5.23. The Morgan fingerprint density at radius 1 is 1.35 bits per heavy atom. The van der Waals surface area contributed by atoms with Crippen LogP contribution in [0.25, 0.3) is 22.2 Å². The zero-order chi connectivity index (χ0) is 18.7. The number of allylic oxidation sites excluding steroid dienone is 1. The van der Waals surface area contributed by atoms with Gasteiger partial charge in [-0.2, -0.15) is 0 Å². The van der Waals surface area contributed by atoms with Crippen LogP contribution in [0.4, 0.5) is 10.1 Å². The number of hydrogen-bond acceptors (Lipinski definition) is 4. The Morgan fingerprint density at radius 2 is 2.15 bits per heavy atom. The Balaban J connectivity index is 2.18. The molecule has 2 N–H and O–H groups in total. The summed E-state index contributed by atoms with van der Waals surface area (Å²) in [7, 11) is 2.03. The van der Waals surface area contributed by atoms with Crippen LogP contribution in [0, 0.1) is 6.92 Å². The summed E-state index contributed by atoms with van der Waals surface area (Å²) in [5.74, 6) is -0.237. The molecule has 3 aromatic rings. The van der Waals surface area contributed by atoms with Gasteiger partial charge in [0.15, 0.2) is 0 Å². The molecule has 6 heteroatoms. The molecule has 136 valence electrons. The van der Waals surface area contributed by atoms with Crippen molar-refractivity contribution in [2.24, 2.45) is 5.73 Å². The number of aromatic nitrogens is 2. The summed E-state index contributed by atoms with van der Waals surface area (Å²) in [6.45, 7) is 2.37. The van der Waals surface area contributed by atoms with Crippen LogP contribution < -0.4 is 10.0 Å². The van der Waals surface area contributed by atoms with Crippen LogP contribution in [0.3, 0.4) is 0 Å². The number of pyridine rings is 1. The van der Waals surface area contributed by atoms with Gasteiger partial charge in [0, 0.05) is 43.0 Å². The van der Waals surface area contributed by atoms with E-state index in [1.165, 1.54) is 6.08 Å². The summed E-state index contributed by atoms with van der Waals surface area (Å²) in [4.78, 5) is 4.58. The maximum absolute atomic E-state index is 14.2. The zero-order valence-corrected chi connectivity index (χ0v) is 16.1. The van der Waals surface area contributed by atoms with E-state index in [4.69, 9.17) is 5.73 Å². The zero-order valence-electron chi connectivity index (χ0n) is 15.2. The average molecular weight is 370 g/mol. The highest BCUT2D eigenvalue weighted by atomic mass is 32.2. The van der Waals surface area contributed by atoms with Crippen LogP contribution in [-0.2, 0) is 6.54 Å². The van der Waals surface area contributed by atoms with Crippen LogP contribution >= 0.6 is 11.9 Å². The lowest BCUT2D eigenvalue weighted by Crippen LogP contribution is -2.05. The largest absolute Gasteiger partial charge is 0.336 e. The standard InChI is InChI=1S/C20H23FN4S/c1-14-19(15-6-4-7-17(12-15)24(2)26-3)20-18(8-5-11-23-20)25(14)13-16(21)9-10-22/h4-9,11-12H,10,13,22H2,1-3H3/b16-9-. The number of rotatable bonds is 6. The molecule has 26 heavy (non-hydrogen) atoms. The van der Waals surface area contributed by atoms with Crippen LogP contribution in [0.5, 0.6) is 0 Å². The highest BCUT2D eigenvalue weighted by Crippen LogP contribution is 2.35. The SMILES string of the molecule is CSN(C)c1cccc(-c2c(C)n(C/C(F)=C/CN)c3cccnc23)c1. The monoisotopic (exact) mass is 370 g/mol. The fourth-order valence-corrected chi connectivity index (χ4v) is 3.47. The molecule has 0 spiro atoms. The molecule has 0 fully saturated rings. The highest BCUT2D eigenvalue weighted by Gasteiger charge is 2.18. The van der Waals surface area contributed by atoms with Crippen molar-refractivity contribution in [3.63, 3.8) is 0 Å². The van der Waals surface area contributed by atoms with Crippen LogP contribution in [0.15, 0.2) is 54.5 Å². The van der Waals surface area contributed by atoms with Crippen LogP contribution in [0.2, 0.25) is 0 Å². The number of nitrogens with two attached hydrogens (primary N) is 1. The van der Waals surface area contributed by atoms with Crippen molar-refractivity contribution in [1.82, 2.24) is 9.55 Å². The first-order valence-electron chi connectivity index (χ1n) is 8.43. The lowest BCUT2D eigenvalue weighted by Gasteiger charge is -2.16. The third kappa shape index (κ3) is 3.48. The van der Waals surface area contributed by atoms with E-state index in [9.17, 15) is 4.39 Å². The third-order valence-electron chi connectivity index (χ3n) is 4.50. The minimum absolute atomic E-state index is 0.162. The van der Waals surface area contributed by atoms with Gasteiger partial charge in [0.25, 0.3) is 0 Å². The van der Waals surface area contributed by atoms with Gasteiger partial charge in [-0.05, 0) is 42.8 Å². The lowest BCUT2D eigenvalue weighted by molar-refractivity contribution is 0.555. The molecular formula is C20H23FN4S. The van der Waals surface area contributed by atoms with Crippen LogP contribution in [-0.4, -0.2) is 29.4 Å². The summed E-state index contributed by atoms with van der Waals surface area (Å²) in [5.41, 5.74) is 11.5. The molecule has 0 atom stereocenters. The molecule has 3 rings (SSSR count). The first kappa shape index (κ1) is 18.5. The molecule has 2 aromatic heterocycles. The number of benzene rings is 1. The van der Waals surface area contributed by atoms with Gasteiger partial charge in [-0.15, -0.1) is 0 Å². The molecule has 0 aliphatic rings. The van der Waals surface area contributed by atoms with E-state index in [-0.39, 0.29) is 18.9 Å².